The third-order valence-electron chi connectivity index (χ3n) is 2.41. The van der Waals surface area contributed by atoms with E-state index in [1.54, 1.807) is 35.3 Å². The van der Waals surface area contributed by atoms with E-state index in [-0.39, 0.29) is 12.0 Å². The number of aromatic nitrogens is 2. The molecule has 0 radical (unpaired) electrons. The van der Waals surface area contributed by atoms with Gasteiger partial charge in [-0.2, -0.15) is 5.10 Å². The Morgan fingerprint density at radius 1 is 1.41 bits per heavy atom. The maximum absolute atomic E-state index is 9.69. The summed E-state index contributed by atoms with van der Waals surface area (Å²) in [5.41, 5.74) is 0.625. The Labute approximate surface area is 99.6 Å². The molecule has 0 aliphatic carbocycles. The van der Waals surface area contributed by atoms with Crippen molar-refractivity contribution in [3.8, 4) is 17.2 Å². The fraction of sp³-hybridized carbons (Fsp3) is 0.250. The highest BCUT2D eigenvalue weighted by Gasteiger charge is 2.07. The SMILES string of the molecule is CNC(C)Oc1cnn(-c2ccccc2O)c1. The number of aromatic hydroxyl groups is 1. The van der Waals surface area contributed by atoms with Crippen LogP contribution >= 0.6 is 0 Å². The number of nitrogens with zero attached hydrogens (tertiary/aromatic N) is 2. The van der Waals surface area contributed by atoms with Crippen molar-refractivity contribution in [2.45, 2.75) is 13.2 Å². The topological polar surface area (TPSA) is 59.3 Å². The summed E-state index contributed by atoms with van der Waals surface area (Å²) in [7, 11) is 1.82. The standard InChI is InChI=1S/C12H15N3O2/c1-9(13-2)17-10-7-14-15(8-10)11-5-3-4-6-12(11)16/h3-9,13,16H,1-2H3. The van der Waals surface area contributed by atoms with Crippen molar-refractivity contribution < 1.29 is 9.84 Å². The maximum Gasteiger partial charge on any atom is 0.160 e. The molecular weight excluding hydrogens is 218 g/mol. The van der Waals surface area contributed by atoms with E-state index in [4.69, 9.17) is 4.74 Å². The molecule has 2 rings (SSSR count). The minimum absolute atomic E-state index is 0.0861. The minimum atomic E-state index is -0.0861. The van der Waals surface area contributed by atoms with Crippen LogP contribution in [0.25, 0.3) is 5.69 Å². The van der Waals surface area contributed by atoms with Crippen LogP contribution < -0.4 is 10.1 Å². The quantitative estimate of drug-likeness (QED) is 0.786. The van der Waals surface area contributed by atoms with Gasteiger partial charge < -0.3 is 9.84 Å². The third-order valence-corrected chi connectivity index (χ3v) is 2.41. The fourth-order valence-electron chi connectivity index (χ4n) is 1.42. The van der Waals surface area contributed by atoms with E-state index in [9.17, 15) is 5.11 Å². The molecule has 0 fully saturated rings. The molecule has 0 spiro atoms. The largest absolute Gasteiger partial charge is 0.506 e. The van der Waals surface area contributed by atoms with Gasteiger partial charge >= 0.3 is 0 Å². The monoisotopic (exact) mass is 233 g/mol. The molecule has 0 amide bonds. The summed E-state index contributed by atoms with van der Waals surface area (Å²) in [5, 5.41) is 16.8. The normalized spacial score (nSPS) is 12.4. The molecule has 0 bridgehead atoms. The number of hydrogen-bond donors (Lipinski definition) is 2. The maximum atomic E-state index is 9.69. The Balaban J connectivity index is 2.21. The molecule has 5 heteroatoms. The van der Waals surface area contributed by atoms with Gasteiger partial charge in [0.2, 0.25) is 0 Å². The lowest BCUT2D eigenvalue weighted by Crippen LogP contribution is -2.27. The van der Waals surface area contributed by atoms with E-state index < -0.39 is 0 Å². The summed E-state index contributed by atoms with van der Waals surface area (Å²) >= 11 is 0. The lowest BCUT2D eigenvalue weighted by molar-refractivity contribution is 0.193. The zero-order chi connectivity index (χ0) is 12.3. The molecule has 2 aromatic rings. The average Bonchev–Trinajstić information content (AvgIpc) is 2.78. The summed E-state index contributed by atoms with van der Waals surface area (Å²) in [4.78, 5) is 0. The van der Waals surface area contributed by atoms with E-state index in [2.05, 4.69) is 10.4 Å². The van der Waals surface area contributed by atoms with Gasteiger partial charge in [-0.15, -0.1) is 0 Å². The second-order valence-corrected chi connectivity index (χ2v) is 3.66. The van der Waals surface area contributed by atoms with E-state index in [0.717, 1.165) is 0 Å². The van der Waals surface area contributed by atoms with E-state index in [1.807, 2.05) is 20.0 Å². The molecule has 1 unspecified atom stereocenters. The molecule has 1 aromatic carbocycles. The van der Waals surface area contributed by atoms with Gasteiger partial charge in [-0.25, -0.2) is 4.68 Å². The van der Waals surface area contributed by atoms with Crippen LogP contribution in [0.15, 0.2) is 36.7 Å². The van der Waals surface area contributed by atoms with Crippen molar-refractivity contribution in [2.24, 2.45) is 0 Å². The predicted molar refractivity (Wildman–Crippen MR) is 64.4 cm³/mol. The molecule has 0 aliphatic rings. The van der Waals surface area contributed by atoms with Gasteiger partial charge in [0.1, 0.15) is 17.7 Å². The number of para-hydroxylation sites is 2. The molecule has 0 saturated carbocycles. The molecular formula is C12H15N3O2. The highest BCUT2D eigenvalue weighted by Crippen LogP contribution is 2.22. The van der Waals surface area contributed by atoms with Gasteiger partial charge in [0, 0.05) is 0 Å². The lowest BCUT2D eigenvalue weighted by atomic mass is 10.3. The van der Waals surface area contributed by atoms with Crippen molar-refractivity contribution in [1.82, 2.24) is 15.1 Å². The van der Waals surface area contributed by atoms with Gasteiger partial charge in [0.15, 0.2) is 5.75 Å². The Morgan fingerprint density at radius 2 is 2.18 bits per heavy atom. The Kier molecular flexibility index (Phi) is 3.30. The minimum Gasteiger partial charge on any atom is -0.506 e. The first kappa shape index (κ1) is 11.5. The molecule has 0 saturated heterocycles. The van der Waals surface area contributed by atoms with E-state index in [1.165, 1.54) is 0 Å². The highest BCUT2D eigenvalue weighted by atomic mass is 16.5. The zero-order valence-electron chi connectivity index (χ0n) is 9.79. The second kappa shape index (κ2) is 4.88. The predicted octanol–water partition coefficient (Wildman–Crippen LogP) is 1.52. The number of rotatable bonds is 4. The number of hydrogen-bond acceptors (Lipinski definition) is 4. The zero-order valence-corrected chi connectivity index (χ0v) is 9.79. The molecule has 90 valence electrons. The molecule has 2 N–H and O–H groups in total. The van der Waals surface area contributed by atoms with Crippen LogP contribution in [0.1, 0.15) is 6.92 Å². The number of phenolic OH excluding ortho intramolecular Hbond substituents is 1. The highest BCUT2D eigenvalue weighted by molar-refractivity contribution is 5.45. The van der Waals surface area contributed by atoms with Gasteiger partial charge in [-0.1, -0.05) is 12.1 Å². The van der Waals surface area contributed by atoms with Crippen LogP contribution in [0.2, 0.25) is 0 Å². The van der Waals surface area contributed by atoms with Gasteiger partial charge in [0.25, 0.3) is 0 Å². The molecule has 1 atom stereocenters. The average molecular weight is 233 g/mol. The Hall–Kier alpha value is -2.01. The van der Waals surface area contributed by atoms with Crippen LogP contribution in [0.3, 0.4) is 0 Å². The first-order chi connectivity index (χ1) is 8.20. The summed E-state index contributed by atoms with van der Waals surface area (Å²) in [6.07, 6.45) is 3.25. The number of benzene rings is 1. The first-order valence-electron chi connectivity index (χ1n) is 5.37. The summed E-state index contributed by atoms with van der Waals surface area (Å²) in [6.45, 7) is 1.90. The second-order valence-electron chi connectivity index (χ2n) is 3.66. The van der Waals surface area contributed by atoms with Gasteiger partial charge in [-0.3, -0.25) is 5.32 Å². The van der Waals surface area contributed by atoms with E-state index >= 15 is 0 Å². The van der Waals surface area contributed by atoms with Crippen molar-refractivity contribution in [3.63, 3.8) is 0 Å². The summed E-state index contributed by atoms with van der Waals surface area (Å²) < 4.78 is 7.11. The number of phenols is 1. The third kappa shape index (κ3) is 2.57. The van der Waals surface area contributed by atoms with Crippen LogP contribution in [-0.4, -0.2) is 28.2 Å². The van der Waals surface area contributed by atoms with Crippen molar-refractivity contribution >= 4 is 0 Å². The molecule has 0 aliphatic heterocycles. The van der Waals surface area contributed by atoms with Crippen molar-refractivity contribution in [3.05, 3.63) is 36.7 Å². The van der Waals surface area contributed by atoms with Crippen LogP contribution in [-0.2, 0) is 0 Å². The first-order valence-corrected chi connectivity index (χ1v) is 5.37. The fourth-order valence-corrected chi connectivity index (χ4v) is 1.42. The van der Waals surface area contributed by atoms with Crippen LogP contribution in [0.5, 0.6) is 11.5 Å². The van der Waals surface area contributed by atoms with Crippen molar-refractivity contribution in [2.75, 3.05) is 7.05 Å². The Bertz CT molecular complexity index is 496. The molecule has 5 nitrogen and oxygen atoms in total. The summed E-state index contributed by atoms with van der Waals surface area (Å²) in [5.74, 6) is 0.832. The van der Waals surface area contributed by atoms with E-state index in [0.29, 0.717) is 11.4 Å². The molecule has 1 aromatic heterocycles. The Morgan fingerprint density at radius 3 is 2.88 bits per heavy atom. The summed E-state index contributed by atoms with van der Waals surface area (Å²) in [6, 6.07) is 7.01. The molecule has 1 heterocycles. The van der Waals surface area contributed by atoms with Crippen molar-refractivity contribution in [1.29, 1.82) is 0 Å². The van der Waals surface area contributed by atoms with Gasteiger partial charge in [-0.05, 0) is 26.1 Å². The van der Waals surface area contributed by atoms with Crippen LogP contribution in [0.4, 0.5) is 0 Å². The number of nitrogens with one attached hydrogen (secondary N) is 1. The number of ether oxygens (including phenoxy) is 1. The smallest absolute Gasteiger partial charge is 0.160 e. The lowest BCUT2D eigenvalue weighted by Gasteiger charge is -2.10. The molecule has 17 heavy (non-hydrogen) atoms. The van der Waals surface area contributed by atoms with Crippen LogP contribution in [0, 0.1) is 0 Å². The van der Waals surface area contributed by atoms with Gasteiger partial charge in [0.05, 0.1) is 12.4 Å².